The first-order chi connectivity index (χ1) is 11.1. The van der Waals surface area contributed by atoms with Gasteiger partial charge < -0.3 is 9.15 Å². The molecule has 1 heterocycles. The molecule has 7 heteroatoms. The topological polar surface area (TPSA) is 97.6 Å². The Hall–Kier alpha value is -3.35. The van der Waals surface area contributed by atoms with Crippen LogP contribution in [0.5, 0.6) is 0 Å². The van der Waals surface area contributed by atoms with E-state index in [-0.39, 0.29) is 0 Å². The third kappa shape index (κ3) is 5.50. The number of amides is 2. The van der Waals surface area contributed by atoms with Crippen molar-refractivity contribution >= 4 is 23.9 Å². The minimum absolute atomic E-state index is 0.395. The van der Waals surface area contributed by atoms with Crippen LogP contribution in [0.3, 0.4) is 0 Å². The van der Waals surface area contributed by atoms with Gasteiger partial charge in [-0.3, -0.25) is 20.4 Å². The van der Waals surface area contributed by atoms with Gasteiger partial charge >= 0.3 is 5.97 Å². The number of furan rings is 1. The lowest BCUT2D eigenvalue weighted by Gasteiger charge is -2.07. The van der Waals surface area contributed by atoms with Crippen molar-refractivity contribution in [2.24, 2.45) is 0 Å². The van der Waals surface area contributed by atoms with Gasteiger partial charge in [-0.15, -0.1) is 0 Å². The molecule has 0 atom stereocenters. The number of benzene rings is 1. The number of carbonyl (C=O) groups excluding carboxylic acids is 3. The Balaban J connectivity index is 1.69. The van der Waals surface area contributed by atoms with Gasteiger partial charge in [0.1, 0.15) is 5.76 Å². The van der Waals surface area contributed by atoms with E-state index in [2.05, 4.69) is 10.9 Å². The van der Waals surface area contributed by atoms with Gasteiger partial charge in [0.2, 0.25) is 0 Å². The minimum atomic E-state index is -0.703. The van der Waals surface area contributed by atoms with Crippen molar-refractivity contribution < 1.29 is 23.5 Å². The quantitative estimate of drug-likeness (QED) is 0.492. The Morgan fingerprint density at radius 1 is 1.04 bits per heavy atom. The molecule has 0 bridgehead atoms. The van der Waals surface area contributed by atoms with Crippen molar-refractivity contribution in [3.63, 3.8) is 0 Å². The summed E-state index contributed by atoms with van der Waals surface area (Å²) in [5.74, 6) is -1.34. The summed E-state index contributed by atoms with van der Waals surface area (Å²) in [6.07, 6.45) is 4.01. The molecule has 7 nitrogen and oxygen atoms in total. The standard InChI is InChI=1S/C16H14N2O5/c19-14(17-18-16(21)12-5-2-1-3-6-12)11-23-15(20)9-8-13-7-4-10-22-13/h1-10H,11H2,(H,17,19)(H,18,21). The van der Waals surface area contributed by atoms with Crippen LogP contribution < -0.4 is 10.9 Å². The smallest absolute Gasteiger partial charge is 0.331 e. The highest BCUT2D eigenvalue weighted by Crippen LogP contribution is 2.02. The van der Waals surface area contributed by atoms with Gasteiger partial charge in [-0.2, -0.15) is 0 Å². The third-order valence-electron chi connectivity index (χ3n) is 2.62. The molecule has 0 saturated carbocycles. The highest BCUT2D eigenvalue weighted by atomic mass is 16.5. The number of hydrazine groups is 1. The Morgan fingerprint density at radius 3 is 2.52 bits per heavy atom. The van der Waals surface area contributed by atoms with Crippen molar-refractivity contribution in [3.8, 4) is 0 Å². The van der Waals surface area contributed by atoms with Gasteiger partial charge in [0.25, 0.3) is 11.8 Å². The molecule has 1 aromatic heterocycles. The van der Waals surface area contributed by atoms with E-state index in [1.807, 2.05) is 0 Å². The van der Waals surface area contributed by atoms with E-state index in [0.717, 1.165) is 6.08 Å². The lowest BCUT2D eigenvalue weighted by Crippen LogP contribution is -2.43. The first-order valence-electron chi connectivity index (χ1n) is 6.68. The lowest BCUT2D eigenvalue weighted by molar-refractivity contribution is -0.144. The molecule has 0 aliphatic heterocycles. The van der Waals surface area contributed by atoms with Gasteiger partial charge in [0.05, 0.1) is 6.26 Å². The molecule has 2 amide bonds. The van der Waals surface area contributed by atoms with Gasteiger partial charge in [-0.25, -0.2) is 4.79 Å². The molecule has 0 unspecified atom stereocenters. The van der Waals surface area contributed by atoms with Gasteiger partial charge in [-0.05, 0) is 30.3 Å². The van der Waals surface area contributed by atoms with Crippen molar-refractivity contribution in [2.45, 2.75) is 0 Å². The Morgan fingerprint density at radius 2 is 1.83 bits per heavy atom. The number of ether oxygens (including phenoxy) is 1. The molecular formula is C16H14N2O5. The minimum Gasteiger partial charge on any atom is -0.465 e. The molecule has 0 aliphatic carbocycles. The van der Waals surface area contributed by atoms with Crippen LogP contribution in [-0.4, -0.2) is 24.4 Å². The highest BCUT2D eigenvalue weighted by molar-refractivity contribution is 5.95. The molecule has 0 radical (unpaired) electrons. The predicted octanol–water partition coefficient (Wildman–Crippen LogP) is 1.30. The van der Waals surface area contributed by atoms with Crippen molar-refractivity contribution in [1.29, 1.82) is 0 Å². The third-order valence-corrected chi connectivity index (χ3v) is 2.62. The zero-order chi connectivity index (χ0) is 16.5. The summed E-state index contributed by atoms with van der Waals surface area (Å²) in [7, 11) is 0. The zero-order valence-electron chi connectivity index (χ0n) is 12.0. The molecule has 1 aromatic carbocycles. The van der Waals surface area contributed by atoms with Crippen LogP contribution in [0.25, 0.3) is 6.08 Å². The Labute approximate surface area is 131 Å². The van der Waals surface area contributed by atoms with Crippen LogP contribution in [0.4, 0.5) is 0 Å². The zero-order valence-corrected chi connectivity index (χ0v) is 12.0. The maximum atomic E-state index is 11.7. The molecule has 23 heavy (non-hydrogen) atoms. The number of rotatable bonds is 5. The molecule has 0 aliphatic rings. The molecule has 2 rings (SSSR count). The van der Waals surface area contributed by atoms with Crippen LogP contribution in [0, 0.1) is 0 Å². The Kier molecular flexibility index (Phi) is 5.70. The van der Waals surface area contributed by atoms with E-state index in [9.17, 15) is 14.4 Å². The largest absolute Gasteiger partial charge is 0.465 e. The first-order valence-corrected chi connectivity index (χ1v) is 6.68. The van der Waals surface area contributed by atoms with Crippen LogP contribution in [0.2, 0.25) is 0 Å². The lowest BCUT2D eigenvalue weighted by atomic mass is 10.2. The van der Waals surface area contributed by atoms with E-state index >= 15 is 0 Å². The molecular weight excluding hydrogens is 300 g/mol. The molecule has 2 N–H and O–H groups in total. The summed E-state index contributed by atoms with van der Waals surface area (Å²) in [6, 6.07) is 11.7. The van der Waals surface area contributed by atoms with E-state index in [1.165, 1.54) is 12.3 Å². The van der Waals surface area contributed by atoms with Crippen LogP contribution in [-0.2, 0) is 14.3 Å². The van der Waals surface area contributed by atoms with E-state index in [0.29, 0.717) is 11.3 Å². The molecule has 2 aromatic rings. The summed E-state index contributed by atoms with van der Waals surface area (Å²) in [6.45, 7) is -0.517. The van der Waals surface area contributed by atoms with E-state index in [4.69, 9.17) is 9.15 Å². The monoisotopic (exact) mass is 314 g/mol. The fourth-order valence-corrected chi connectivity index (χ4v) is 1.55. The second-order valence-corrected chi connectivity index (χ2v) is 4.32. The molecule has 0 spiro atoms. The molecule has 0 saturated heterocycles. The normalized spacial score (nSPS) is 10.3. The number of esters is 1. The van der Waals surface area contributed by atoms with Crippen molar-refractivity contribution in [3.05, 3.63) is 66.1 Å². The predicted molar refractivity (Wildman–Crippen MR) is 80.8 cm³/mol. The Bertz CT molecular complexity index is 693. The molecule has 118 valence electrons. The second-order valence-electron chi connectivity index (χ2n) is 4.32. The van der Waals surface area contributed by atoms with Gasteiger partial charge in [0.15, 0.2) is 6.61 Å². The summed E-state index contributed by atoms with van der Waals surface area (Å²) in [4.78, 5) is 34.5. The number of nitrogens with one attached hydrogen (secondary N) is 2. The maximum absolute atomic E-state index is 11.7. The van der Waals surface area contributed by atoms with E-state index < -0.39 is 24.4 Å². The summed E-state index contributed by atoms with van der Waals surface area (Å²) in [5.41, 5.74) is 4.76. The molecule has 0 fully saturated rings. The van der Waals surface area contributed by atoms with Gasteiger partial charge in [-0.1, -0.05) is 18.2 Å². The van der Waals surface area contributed by atoms with Gasteiger partial charge in [0, 0.05) is 11.6 Å². The number of carbonyl (C=O) groups is 3. The average Bonchev–Trinajstić information content (AvgIpc) is 3.10. The summed E-state index contributed by atoms with van der Waals surface area (Å²) in [5, 5.41) is 0. The average molecular weight is 314 g/mol. The van der Waals surface area contributed by atoms with Crippen molar-refractivity contribution in [2.75, 3.05) is 6.61 Å². The van der Waals surface area contributed by atoms with Crippen LogP contribution >= 0.6 is 0 Å². The fourth-order valence-electron chi connectivity index (χ4n) is 1.55. The van der Waals surface area contributed by atoms with Crippen LogP contribution in [0.1, 0.15) is 16.1 Å². The van der Waals surface area contributed by atoms with E-state index in [1.54, 1.807) is 42.5 Å². The highest BCUT2D eigenvalue weighted by Gasteiger charge is 2.08. The van der Waals surface area contributed by atoms with Crippen LogP contribution in [0.15, 0.2) is 59.2 Å². The number of hydrogen-bond donors (Lipinski definition) is 2. The first kappa shape index (κ1) is 16.0. The summed E-state index contributed by atoms with van der Waals surface area (Å²) < 4.78 is 9.70. The summed E-state index contributed by atoms with van der Waals surface area (Å²) >= 11 is 0. The maximum Gasteiger partial charge on any atom is 0.331 e. The number of hydrogen-bond acceptors (Lipinski definition) is 5. The van der Waals surface area contributed by atoms with Crippen molar-refractivity contribution in [1.82, 2.24) is 10.9 Å². The second kappa shape index (κ2) is 8.18. The fraction of sp³-hybridized carbons (Fsp3) is 0.0625. The SMILES string of the molecule is O=C(COC(=O)C=Cc1ccco1)NNC(=O)c1ccccc1.